The van der Waals surface area contributed by atoms with Crippen LogP contribution in [0.5, 0.6) is 0 Å². The van der Waals surface area contributed by atoms with Crippen molar-refractivity contribution in [2.75, 3.05) is 20.6 Å². The summed E-state index contributed by atoms with van der Waals surface area (Å²) in [5.74, 6) is 0.519. The topological polar surface area (TPSA) is 56.2 Å². The Balaban J connectivity index is 2.37. The molecule has 4 heteroatoms. The summed E-state index contributed by atoms with van der Waals surface area (Å²) in [4.78, 5) is 14.5. The second kappa shape index (κ2) is 5.59. The molecule has 2 rings (SSSR count). The Bertz CT molecular complexity index is 456. The van der Waals surface area contributed by atoms with Gasteiger partial charge in [0.2, 0.25) is 0 Å². The third-order valence-corrected chi connectivity index (χ3v) is 3.50. The first-order valence-corrected chi connectivity index (χ1v) is 7.02. The number of rotatable bonds is 4. The van der Waals surface area contributed by atoms with Crippen LogP contribution in [0.25, 0.3) is 0 Å². The Kier molecular flexibility index (Phi) is 4.08. The predicted molar refractivity (Wildman–Crippen MR) is 77.2 cm³/mol. The molecule has 2 saturated carbocycles. The molecule has 4 nitrogen and oxygen atoms in total. The van der Waals surface area contributed by atoms with Crippen LogP contribution in [0.2, 0.25) is 0 Å². The molecule has 2 fully saturated rings. The SMILES string of the molecule is CCN/C(=C1\C(=N)CC/C(=C\N(C)C)C1=O)C1CC1. The van der Waals surface area contributed by atoms with Crippen LogP contribution in [0.1, 0.15) is 32.6 Å². The Labute approximate surface area is 115 Å². The summed E-state index contributed by atoms with van der Waals surface area (Å²) in [6, 6.07) is 0. The lowest BCUT2D eigenvalue weighted by Gasteiger charge is -2.23. The quantitative estimate of drug-likeness (QED) is 0.762. The van der Waals surface area contributed by atoms with Crippen molar-refractivity contribution in [2.24, 2.45) is 5.92 Å². The zero-order valence-electron chi connectivity index (χ0n) is 12.0. The van der Waals surface area contributed by atoms with Crippen molar-refractivity contribution in [3.05, 3.63) is 23.0 Å². The second-order valence-electron chi connectivity index (χ2n) is 5.52. The van der Waals surface area contributed by atoms with Gasteiger partial charge in [0.25, 0.3) is 0 Å². The van der Waals surface area contributed by atoms with E-state index in [-0.39, 0.29) is 5.78 Å². The molecule has 0 radical (unpaired) electrons. The third kappa shape index (κ3) is 3.06. The van der Waals surface area contributed by atoms with E-state index in [1.807, 2.05) is 32.1 Å². The molecule has 2 aliphatic carbocycles. The van der Waals surface area contributed by atoms with Gasteiger partial charge in [-0.2, -0.15) is 0 Å². The number of hydrogen-bond acceptors (Lipinski definition) is 4. The second-order valence-corrected chi connectivity index (χ2v) is 5.52. The van der Waals surface area contributed by atoms with Crippen molar-refractivity contribution < 1.29 is 4.79 Å². The van der Waals surface area contributed by atoms with Crippen molar-refractivity contribution in [2.45, 2.75) is 32.6 Å². The molecule has 0 aromatic heterocycles. The molecular formula is C15H23N3O. The van der Waals surface area contributed by atoms with Crippen LogP contribution in [0.4, 0.5) is 0 Å². The fourth-order valence-corrected chi connectivity index (χ4v) is 2.51. The summed E-state index contributed by atoms with van der Waals surface area (Å²) >= 11 is 0. The van der Waals surface area contributed by atoms with Crippen molar-refractivity contribution in [3.8, 4) is 0 Å². The van der Waals surface area contributed by atoms with E-state index in [0.717, 1.165) is 30.7 Å². The summed E-state index contributed by atoms with van der Waals surface area (Å²) in [6.07, 6.45) is 5.52. The lowest BCUT2D eigenvalue weighted by atomic mass is 9.85. The number of carbonyl (C=O) groups excluding carboxylic acids is 1. The fraction of sp³-hybridized carbons (Fsp3) is 0.600. The molecule has 0 aromatic rings. The van der Waals surface area contributed by atoms with Gasteiger partial charge in [0, 0.05) is 43.8 Å². The maximum atomic E-state index is 12.6. The van der Waals surface area contributed by atoms with Gasteiger partial charge in [-0.3, -0.25) is 4.79 Å². The van der Waals surface area contributed by atoms with Gasteiger partial charge in [-0.05, 0) is 38.5 Å². The van der Waals surface area contributed by atoms with Gasteiger partial charge in [0.05, 0.1) is 5.57 Å². The molecule has 104 valence electrons. The van der Waals surface area contributed by atoms with Crippen molar-refractivity contribution in [3.63, 3.8) is 0 Å². The Morgan fingerprint density at radius 2 is 2.11 bits per heavy atom. The maximum absolute atomic E-state index is 12.6. The van der Waals surface area contributed by atoms with Crippen molar-refractivity contribution in [1.82, 2.24) is 10.2 Å². The highest BCUT2D eigenvalue weighted by atomic mass is 16.1. The highest BCUT2D eigenvalue weighted by Gasteiger charge is 2.34. The van der Waals surface area contributed by atoms with Crippen LogP contribution in [0, 0.1) is 11.3 Å². The largest absolute Gasteiger partial charge is 0.388 e. The van der Waals surface area contributed by atoms with Gasteiger partial charge in [-0.25, -0.2) is 0 Å². The summed E-state index contributed by atoms with van der Waals surface area (Å²) in [5.41, 5.74) is 2.99. The molecule has 2 aliphatic rings. The summed E-state index contributed by atoms with van der Waals surface area (Å²) in [6.45, 7) is 2.85. The number of nitrogens with one attached hydrogen (secondary N) is 2. The van der Waals surface area contributed by atoms with Crippen LogP contribution < -0.4 is 5.32 Å². The first-order chi connectivity index (χ1) is 9.04. The van der Waals surface area contributed by atoms with E-state index in [4.69, 9.17) is 5.41 Å². The molecule has 0 unspecified atom stereocenters. The van der Waals surface area contributed by atoms with E-state index in [9.17, 15) is 4.79 Å². The molecule has 19 heavy (non-hydrogen) atoms. The van der Waals surface area contributed by atoms with Gasteiger partial charge in [0.15, 0.2) is 5.78 Å². The normalized spacial score (nSPS) is 24.7. The molecule has 2 N–H and O–H groups in total. The van der Waals surface area contributed by atoms with Gasteiger partial charge in [0.1, 0.15) is 0 Å². The first kappa shape index (κ1) is 13.8. The first-order valence-electron chi connectivity index (χ1n) is 7.02. The summed E-state index contributed by atoms with van der Waals surface area (Å²) in [5, 5.41) is 11.4. The smallest absolute Gasteiger partial charge is 0.194 e. The fourth-order valence-electron chi connectivity index (χ4n) is 2.51. The van der Waals surface area contributed by atoms with E-state index in [1.54, 1.807) is 0 Å². The average Bonchev–Trinajstić information content (AvgIpc) is 3.15. The molecule has 0 bridgehead atoms. The zero-order valence-corrected chi connectivity index (χ0v) is 12.0. The minimum absolute atomic E-state index is 0.0489. The van der Waals surface area contributed by atoms with Crippen molar-refractivity contribution >= 4 is 11.5 Å². The Morgan fingerprint density at radius 3 is 2.63 bits per heavy atom. The van der Waals surface area contributed by atoms with E-state index < -0.39 is 0 Å². The van der Waals surface area contributed by atoms with Gasteiger partial charge in [-0.15, -0.1) is 0 Å². The van der Waals surface area contributed by atoms with E-state index in [1.165, 1.54) is 0 Å². The molecule has 0 amide bonds. The monoisotopic (exact) mass is 261 g/mol. The van der Waals surface area contributed by atoms with Gasteiger partial charge in [-0.1, -0.05) is 0 Å². The highest BCUT2D eigenvalue weighted by Crippen LogP contribution is 2.38. The number of Topliss-reactive ketones (excluding diaryl/α,β-unsaturated/α-hetero) is 1. The average molecular weight is 261 g/mol. The maximum Gasteiger partial charge on any atom is 0.194 e. The molecule has 0 aromatic carbocycles. The highest BCUT2D eigenvalue weighted by molar-refractivity contribution is 6.29. The third-order valence-electron chi connectivity index (χ3n) is 3.50. The minimum atomic E-state index is 0.0489. The zero-order chi connectivity index (χ0) is 14.0. The van der Waals surface area contributed by atoms with Crippen LogP contribution in [-0.4, -0.2) is 37.0 Å². The molecule has 0 aliphatic heterocycles. The number of ketones is 1. The molecule has 0 atom stereocenters. The summed E-state index contributed by atoms with van der Waals surface area (Å²) < 4.78 is 0. The molecule has 0 spiro atoms. The van der Waals surface area contributed by atoms with Gasteiger partial charge < -0.3 is 15.6 Å². The number of nitrogens with zero attached hydrogens (tertiary/aromatic N) is 1. The van der Waals surface area contributed by atoms with Gasteiger partial charge >= 0.3 is 0 Å². The molecular weight excluding hydrogens is 238 g/mol. The van der Waals surface area contributed by atoms with E-state index >= 15 is 0 Å². The van der Waals surface area contributed by atoms with Crippen LogP contribution in [-0.2, 0) is 4.79 Å². The number of carbonyl (C=O) groups is 1. The minimum Gasteiger partial charge on any atom is -0.388 e. The Hall–Kier alpha value is -1.58. The van der Waals surface area contributed by atoms with Crippen molar-refractivity contribution in [1.29, 1.82) is 5.41 Å². The molecule has 0 saturated heterocycles. The lowest BCUT2D eigenvalue weighted by Crippen LogP contribution is -2.29. The van der Waals surface area contributed by atoms with Crippen LogP contribution in [0.3, 0.4) is 0 Å². The number of allylic oxidation sites excluding steroid dienone is 3. The summed E-state index contributed by atoms with van der Waals surface area (Å²) in [7, 11) is 3.85. The standard InChI is InChI=1S/C15H23N3O/c1-4-17-14(10-5-6-10)13-12(16)8-7-11(15(13)19)9-18(2)3/h9-10,16-17H,4-8H2,1-3H3/b11-9+,14-13+,16-12?. The van der Waals surface area contributed by atoms with Crippen LogP contribution >= 0.6 is 0 Å². The number of hydrogen-bond donors (Lipinski definition) is 2. The predicted octanol–water partition coefficient (Wildman–Crippen LogP) is 2.09. The van der Waals surface area contributed by atoms with E-state index in [2.05, 4.69) is 5.32 Å². The van der Waals surface area contributed by atoms with E-state index in [0.29, 0.717) is 30.0 Å². The Morgan fingerprint density at radius 1 is 1.42 bits per heavy atom. The lowest BCUT2D eigenvalue weighted by molar-refractivity contribution is -0.112. The van der Waals surface area contributed by atoms with Crippen LogP contribution in [0.15, 0.2) is 23.0 Å². The molecule has 0 heterocycles.